The number of aromatic nitrogens is 2. The summed E-state index contributed by atoms with van der Waals surface area (Å²) in [5, 5.41) is 32.7. The van der Waals surface area contributed by atoms with E-state index in [-0.39, 0.29) is 19.0 Å². The molecule has 0 saturated heterocycles. The van der Waals surface area contributed by atoms with Crippen molar-refractivity contribution in [3.63, 3.8) is 0 Å². The summed E-state index contributed by atoms with van der Waals surface area (Å²) in [5.41, 5.74) is -0.551. The van der Waals surface area contributed by atoms with Gasteiger partial charge in [-0.3, -0.25) is 0 Å². The Labute approximate surface area is 111 Å². The van der Waals surface area contributed by atoms with E-state index in [1.807, 2.05) is 11.9 Å². The van der Waals surface area contributed by atoms with Crippen LogP contribution < -0.4 is 0 Å². The Morgan fingerprint density at radius 3 is 2.63 bits per heavy atom. The Bertz CT molecular complexity index is 417. The number of hydrogen-bond acceptors (Lipinski definition) is 6. The first-order chi connectivity index (χ1) is 8.90. The normalized spacial score (nSPS) is 12.1. The molecule has 1 rings (SSSR count). The number of rotatable bonds is 8. The monoisotopic (exact) mass is 272 g/mol. The average Bonchev–Trinajstić information content (AvgIpc) is 2.85. The zero-order valence-corrected chi connectivity index (χ0v) is 11.2. The van der Waals surface area contributed by atoms with Gasteiger partial charge in [0.15, 0.2) is 0 Å². The van der Waals surface area contributed by atoms with E-state index < -0.39 is 10.3 Å². The lowest BCUT2D eigenvalue weighted by Gasteiger charge is -2.30. The summed E-state index contributed by atoms with van der Waals surface area (Å²) in [6.07, 6.45) is 1.56. The minimum Gasteiger partial charge on any atom is -0.396 e. The van der Waals surface area contributed by atoms with E-state index in [1.54, 1.807) is 13.1 Å². The fraction of sp³-hybridized carbons (Fsp3) is 0.727. The van der Waals surface area contributed by atoms with Crippen molar-refractivity contribution in [3.8, 4) is 0 Å². The number of nitro groups is 1. The highest BCUT2D eigenvalue weighted by Crippen LogP contribution is 2.15. The molecule has 0 fully saturated rings. The van der Waals surface area contributed by atoms with Gasteiger partial charge in [0.05, 0.1) is 37.1 Å². The van der Waals surface area contributed by atoms with Gasteiger partial charge < -0.3 is 25.2 Å². The van der Waals surface area contributed by atoms with E-state index in [9.17, 15) is 20.3 Å². The Morgan fingerprint density at radius 1 is 1.53 bits per heavy atom. The number of nitrogens with zero attached hydrogens (tertiary/aromatic N) is 4. The predicted octanol–water partition coefficient (Wildman–Crippen LogP) is -0.286. The van der Waals surface area contributed by atoms with Crippen molar-refractivity contribution in [1.29, 1.82) is 0 Å². The van der Waals surface area contributed by atoms with Crippen LogP contribution in [0.2, 0.25) is 0 Å². The number of likely N-dealkylation sites (N-methyl/N-ethyl adjacent to an activating group) is 1. The molecule has 0 aromatic carbocycles. The molecule has 2 N–H and O–H groups in total. The first kappa shape index (κ1) is 15.5. The molecule has 8 nitrogen and oxygen atoms in total. The van der Waals surface area contributed by atoms with Gasteiger partial charge >= 0.3 is 5.82 Å². The van der Waals surface area contributed by atoms with Crippen molar-refractivity contribution < 1.29 is 15.1 Å². The standard InChI is InChI=1S/C11H20N4O4/c1-11(8-16,9-17)7-13(2)5-6-14-4-3-10(12-14)15(18)19/h3-4,16-17H,5-9H2,1-2H3. The zero-order valence-electron chi connectivity index (χ0n) is 11.2. The molecule has 1 aromatic rings. The summed E-state index contributed by atoms with van der Waals surface area (Å²) in [5.74, 6) is -0.168. The third kappa shape index (κ3) is 4.58. The van der Waals surface area contributed by atoms with Crippen molar-refractivity contribution in [2.45, 2.75) is 13.5 Å². The molecule has 1 aromatic heterocycles. The molecule has 19 heavy (non-hydrogen) atoms. The van der Waals surface area contributed by atoms with Crippen LogP contribution in [0, 0.1) is 15.5 Å². The van der Waals surface area contributed by atoms with Crippen LogP contribution in [0.3, 0.4) is 0 Å². The third-order valence-corrected chi connectivity index (χ3v) is 2.94. The van der Waals surface area contributed by atoms with E-state index in [0.717, 1.165) is 0 Å². The summed E-state index contributed by atoms with van der Waals surface area (Å²) >= 11 is 0. The molecular weight excluding hydrogens is 252 g/mol. The largest absolute Gasteiger partial charge is 0.396 e. The lowest BCUT2D eigenvalue weighted by molar-refractivity contribution is -0.389. The second-order valence-corrected chi connectivity index (χ2v) is 5.06. The minimum atomic E-state index is -0.551. The smallest absolute Gasteiger partial charge is 0.389 e. The molecular formula is C11H20N4O4. The molecule has 0 atom stereocenters. The van der Waals surface area contributed by atoms with Crippen molar-refractivity contribution in [2.75, 3.05) is 33.4 Å². The molecule has 0 amide bonds. The van der Waals surface area contributed by atoms with E-state index in [1.165, 1.54) is 10.7 Å². The number of aliphatic hydroxyl groups excluding tert-OH is 2. The Balaban J connectivity index is 2.45. The maximum atomic E-state index is 10.5. The second-order valence-electron chi connectivity index (χ2n) is 5.06. The molecule has 0 spiro atoms. The van der Waals surface area contributed by atoms with E-state index in [4.69, 9.17) is 0 Å². The van der Waals surface area contributed by atoms with Gasteiger partial charge in [0, 0.05) is 18.5 Å². The van der Waals surface area contributed by atoms with Crippen LogP contribution in [0.1, 0.15) is 6.92 Å². The van der Waals surface area contributed by atoms with Crippen LogP contribution in [-0.2, 0) is 6.54 Å². The van der Waals surface area contributed by atoms with Gasteiger partial charge in [0.1, 0.15) is 0 Å². The fourth-order valence-corrected chi connectivity index (χ4v) is 1.73. The van der Waals surface area contributed by atoms with E-state index in [2.05, 4.69) is 5.10 Å². The molecule has 108 valence electrons. The number of hydrogen-bond donors (Lipinski definition) is 2. The van der Waals surface area contributed by atoms with Gasteiger partial charge in [-0.1, -0.05) is 6.92 Å². The van der Waals surface area contributed by atoms with Crippen LogP contribution in [0.25, 0.3) is 0 Å². The van der Waals surface area contributed by atoms with Crippen LogP contribution in [0.15, 0.2) is 12.3 Å². The van der Waals surface area contributed by atoms with Crippen LogP contribution in [-0.4, -0.2) is 63.2 Å². The highest BCUT2D eigenvalue weighted by atomic mass is 16.6. The second kappa shape index (κ2) is 6.60. The maximum Gasteiger partial charge on any atom is 0.389 e. The van der Waals surface area contributed by atoms with Gasteiger partial charge in [-0.25, -0.2) is 0 Å². The van der Waals surface area contributed by atoms with E-state index >= 15 is 0 Å². The van der Waals surface area contributed by atoms with E-state index in [0.29, 0.717) is 19.6 Å². The molecule has 0 aliphatic rings. The predicted molar refractivity (Wildman–Crippen MR) is 68.7 cm³/mol. The SMILES string of the molecule is CN(CCn1ccc([N+](=O)[O-])n1)CC(C)(CO)CO. The highest BCUT2D eigenvalue weighted by Gasteiger charge is 2.24. The van der Waals surface area contributed by atoms with Crippen LogP contribution in [0.4, 0.5) is 5.82 Å². The Hall–Kier alpha value is -1.51. The third-order valence-electron chi connectivity index (χ3n) is 2.94. The summed E-state index contributed by atoms with van der Waals surface area (Å²) in [6, 6.07) is 1.35. The molecule has 0 saturated carbocycles. The summed E-state index contributed by atoms with van der Waals surface area (Å²) < 4.78 is 1.50. The fourth-order valence-electron chi connectivity index (χ4n) is 1.73. The molecule has 0 unspecified atom stereocenters. The quantitative estimate of drug-likeness (QED) is 0.498. The zero-order chi connectivity index (χ0) is 14.5. The summed E-state index contributed by atoms with van der Waals surface area (Å²) in [7, 11) is 1.86. The maximum absolute atomic E-state index is 10.5. The van der Waals surface area contributed by atoms with Crippen molar-refractivity contribution >= 4 is 5.82 Å². The molecule has 0 bridgehead atoms. The Kier molecular flexibility index (Phi) is 5.40. The topological polar surface area (TPSA) is 105 Å². The molecule has 0 radical (unpaired) electrons. The average molecular weight is 272 g/mol. The van der Waals surface area contributed by atoms with Crippen molar-refractivity contribution in [3.05, 3.63) is 22.4 Å². The summed E-state index contributed by atoms with van der Waals surface area (Å²) in [6.45, 7) is 3.26. The molecule has 1 heterocycles. The first-order valence-electron chi connectivity index (χ1n) is 5.98. The van der Waals surface area contributed by atoms with Crippen molar-refractivity contribution in [2.24, 2.45) is 5.41 Å². The van der Waals surface area contributed by atoms with Gasteiger partial charge in [0.25, 0.3) is 0 Å². The van der Waals surface area contributed by atoms with Crippen LogP contribution in [0.5, 0.6) is 0 Å². The van der Waals surface area contributed by atoms with Crippen LogP contribution >= 0.6 is 0 Å². The van der Waals surface area contributed by atoms with Gasteiger partial charge in [-0.05, 0) is 12.0 Å². The Morgan fingerprint density at radius 2 is 2.16 bits per heavy atom. The van der Waals surface area contributed by atoms with Gasteiger partial charge in [0.2, 0.25) is 0 Å². The van der Waals surface area contributed by atoms with Gasteiger partial charge in [-0.15, -0.1) is 0 Å². The molecule has 0 aliphatic carbocycles. The lowest BCUT2D eigenvalue weighted by Crippen LogP contribution is -2.40. The highest BCUT2D eigenvalue weighted by molar-refractivity contribution is 5.13. The molecule has 0 aliphatic heterocycles. The lowest BCUT2D eigenvalue weighted by atomic mass is 9.92. The number of aliphatic hydroxyl groups is 2. The van der Waals surface area contributed by atoms with Gasteiger partial charge in [-0.2, -0.15) is 4.68 Å². The first-order valence-corrected chi connectivity index (χ1v) is 5.98. The minimum absolute atomic E-state index is 0.0961. The summed E-state index contributed by atoms with van der Waals surface area (Å²) in [4.78, 5) is 11.9. The molecule has 8 heteroatoms. The van der Waals surface area contributed by atoms with Crippen molar-refractivity contribution in [1.82, 2.24) is 14.7 Å².